The number of nitrogens with one attached hydrogen (secondary N) is 2. The number of carbonyl (C=O) groups excluding carboxylic acids is 1. The minimum absolute atomic E-state index is 0.291. The molecule has 0 radical (unpaired) electrons. The summed E-state index contributed by atoms with van der Waals surface area (Å²) in [5, 5.41) is 3.26. The maximum absolute atomic E-state index is 11.2. The molecule has 6 heteroatoms. The molecule has 1 rings (SSSR count). The number of hydrogen-bond donors (Lipinski definition) is 2. The van der Waals surface area contributed by atoms with Crippen LogP contribution >= 0.6 is 0 Å². The summed E-state index contributed by atoms with van der Waals surface area (Å²) in [6.45, 7) is 1.98. The summed E-state index contributed by atoms with van der Waals surface area (Å²) in [6, 6.07) is 0. The van der Waals surface area contributed by atoms with Gasteiger partial charge in [-0.25, -0.2) is 8.42 Å². The van der Waals surface area contributed by atoms with E-state index in [-0.39, 0.29) is 0 Å². The van der Waals surface area contributed by atoms with Gasteiger partial charge in [-0.1, -0.05) is 0 Å². The van der Waals surface area contributed by atoms with E-state index < -0.39 is 15.9 Å². The maximum Gasteiger partial charge on any atom is 0.233 e. The molecule has 1 saturated heterocycles. The third kappa shape index (κ3) is 5.74. The van der Waals surface area contributed by atoms with Crippen molar-refractivity contribution in [2.45, 2.75) is 25.7 Å². The molecule has 0 aromatic carbocycles. The van der Waals surface area contributed by atoms with E-state index in [1.165, 1.54) is 0 Å². The third-order valence-electron chi connectivity index (χ3n) is 2.48. The molecule has 1 unspecified atom stereocenters. The van der Waals surface area contributed by atoms with Gasteiger partial charge in [-0.2, -0.15) is 0 Å². The molecule has 1 amide bonds. The van der Waals surface area contributed by atoms with Crippen LogP contribution in [0, 0.1) is 5.92 Å². The zero-order valence-corrected chi connectivity index (χ0v) is 9.77. The Bertz CT molecular complexity index is 307. The zero-order valence-electron chi connectivity index (χ0n) is 8.95. The van der Waals surface area contributed by atoms with E-state index in [0.717, 1.165) is 38.6 Å². The third-order valence-corrected chi connectivity index (χ3v) is 3.08. The fourth-order valence-corrected chi connectivity index (χ4v) is 2.28. The summed E-state index contributed by atoms with van der Waals surface area (Å²) in [5.41, 5.74) is 0. The van der Waals surface area contributed by atoms with Crippen LogP contribution in [0.4, 0.5) is 0 Å². The van der Waals surface area contributed by atoms with Gasteiger partial charge in [0.2, 0.25) is 15.9 Å². The highest BCUT2D eigenvalue weighted by molar-refractivity contribution is 7.89. The zero-order chi connectivity index (χ0) is 11.3. The van der Waals surface area contributed by atoms with Gasteiger partial charge in [0.25, 0.3) is 0 Å². The lowest BCUT2D eigenvalue weighted by atomic mass is 9.95. The predicted molar refractivity (Wildman–Crippen MR) is 57.8 cm³/mol. The molecule has 0 bridgehead atoms. The van der Waals surface area contributed by atoms with Crippen LogP contribution < -0.4 is 10.0 Å². The summed E-state index contributed by atoms with van der Waals surface area (Å²) < 4.78 is 23.5. The van der Waals surface area contributed by atoms with Crippen LogP contribution in [0.5, 0.6) is 0 Å². The molecule has 0 spiro atoms. The van der Waals surface area contributed by atoms with Gasteiger partial charge < -0.3 is 5.32 Å². The van der Waals surface area contributed by atoms with Crippen molar-refractivity contribution in [3.05, 3.63) is 0 Å². The van der Waals surface area contributed by atoms with E-state index in [9.17, 15) is 13.2 Å². The van der Waals surface area contributed by atoms with Gasteiger partial charge in [-0.05, 0) is 38.3 Å². The van der Waals surface area contributed by atoms with E-state index in [4.69, 9.17) is 0 Å². The van der Waals surface area contributed by atoms with Gasteiger partial charge in [0, 0.05) is 6.42 Å². The van der Waals surface area contributed by atoms with Gasteiger partial charge in [-0.15, -0.1) is 0 Å². The number of hydrogen-bond acceptors (Lipinski definition) is 4. The Labute approximate surface area is 90.7 Å². The summed E-state index contributed by atoms with van der Waals surface area (Å²) in [6.07, 6.45) is 4.30. The molecule has 1 atom stereocenters. The average molecular weight is 234 g/mol. The highest BCUT2D eigenvalue weighted by atomic mass is 32.2. The Hall–Kier alpha value is -0.620. The number of sulfonamides is 1. The lowest BCUT2D eigenvalue weighted by Crippen LogP contribution is -2.32. The predicted octanol–water partition coefficient (Wildman–Crippen LogP) is -0.158. The van der Waals surface area contributed by atoms with Crippen molar-refractivity contribution >= 4 is 15.9 Å². The molecule has 0 aromatic heterocycles. The van der Waals surface area contributed by atoms with Crippen molar-refractivity contribution in [3.8, 4) is 0 Å². The minimum Gasteiger partial charge on any atom is -0.316 e. The standard InChI is InChI=1S/C9H18N2O3S/c1-15(13,14)11-9(12)5-4-8-3-2-6-10-7-8/h8,10H,2-7H2,1H3,(H,11,12). The SMILES string of the molecule is CS(=O)(=O)NC(=O)CCC1CCCNC1. The maximum atomic E-state index is 11.2. The van der Waals surface area contributed by atoms with Crippen molar-refractivity contribution in [3.63, 3.8) is 0 Å². The number of piperidine rings is 1. The lowest BCUT2D eigenvalue weighted by Gasteiger charge is -2.22. The minimum atomic E-state index is -3.39. The Kier molecular flexibility index (Phi) is 4.53. The van der Waals surface area contributed by atoms with E-state index in [1.54, 1.807) is 0 Å². The highest BCUT2D eigenvalue weighted by Gasteiger charge is 2.15. The van der Waals surface area contributed by atoms with E-state index in [0.29, 0.717) is 12.3 Å². The Morgan fingerprint density at radius 2 is 2.27 bits per heavy atom. The molecule has 1 aliphatic rings. The fraction of sp³-hybridized carbons (Fsp3) is 0.889. The van der Waals surface area contributed by atoms with Crippen LogP contribution in [0.2, 0.25) is 0 Å². The molecule has 0 saturated carbocycles. The van der Waals surface area contributed by atoms with Crippen LogP contribution in [0.15, 0.2) is 0 Å². The van der Waals surface area contributed by atoms with Crippen molar-refractivity contribution in [2.75, 3.05) is 19.3 Å². The lowest BCUT2D eigenvalue weighted by molar-refractivity contribution is -0.119. The van der Waals surface area contributed by atoms with E-state index in [2.05, 4.69) is 5.32 Å². The first-order valence-electron chi connectivity index (χ1n) is 5.19. The van der Waals surface area contributed by atoms with Crippen LogP contribution in [0.25, 0.3) is 0 Å². The molecule has 15 heavy (non-hydrogen) atoms. The van der Waals surface area contributed by atoms with Crippen LogP contribution in [0.3, 0.4) is 0 Å². The Morgan fingerprint density at radius 3 is 2.80 bits per heavy atom. The first kappa shape index (κ1) is 12.4. The Balaban J connectivity index is 2.21. The molecular weight excluding hydrogens is 216 g/mol. The first-order chi connectivity index (χ1) is 6.97. The normalized spacial score (nSPS) is 22.3. The van der Waals surface area contributed by atoms with Crippen molar-refractivity contribution in [2.24, 2.45) is 5.92 Å². The summed E-state index contributed by atoms with van der Waals surface area (Å²) in [4.78, 5) is 11.2. The molecule has 0 aromatic rings. The first-order valence-corrected chi connectivity index (χ1v) is 7.08. The number of amides is 1. The summed E-state index contributed by atoms with van der Waals surface area (Å²) >= 11 is 0. The van der Waals surface area contributed by atoms with Gasteiger partial charge in [0.05, 0.1) is 6.26 Å². The monoisotopic (exact) mass is 234 g/mol. The van der Waals surface area contributed by atoms with Gasteiger partial charge in [0.15, 0.2) is 0 Å². The van der Waals surface area contributed by atoms with Gasteiger partial charge in [0.1, 0.15) is 0 Å². The Morgan fingerprint density at radius 1 is 1.53 bits per heavy atom. The topological polar surface area (TPSA) is 75.3 Å². The molecule has 1 aliphatic heterocycles. The molecule has 5 nitrogen and oxygen atoms in total. The molecule has 1 fully saturated rings. The van der Waals surface area contributed by atoms with Crippen LogP contribution in [-0.2, 0) is 14.8 Å². The van der Waals surface area contributed by atoms with Crippen molar-refractivity contribution < 1.29 is 13.2 Å². The largest absolute Gasteiger partial charge is 0.316 e. The van der Waals surface area contributed by atoms with E-state index in [1.807, 2.05) is 4.72 Å². The number of rotatable bonds is 4. The smallest absolute Gasteiger partial charge is 0.233 e. The quantitative estimate of drug-likeness (QED) is 0.709. The molecule has 88 valence electrons. The molecule has 0 aliphatic carbocycles. The molecular formula is C9H18N2O3S. The van der Waals surface area contributed by atoms with Crippen molar-refractivity contribution in [1.29, 1.82) is 0 Å². The second kappa shape index (κ2) is 5.46. The molecule has 2 N–H and O–H groups in total. The average Bonchev–Trinajstić information content (AvgIpc) is 2.14. The highest BCUT2D eigenvalue weighted by Crippen LogP contribution is 2.15. The second-order valence-electron chi connectivity index (χ2n) is 4.05. The van der Waals surface area contributed by atoms with Crippen molar-refractivity contribution in [1.82, 2.24) is 10.0 Å². The summed E-state index contributed by atoms with van der Waals surface area (Å²) in [7, 11) is -3.39. The van der Waals surface area contributed by atoms with E-state index >= 15 is 0 Å². The van der Waals surface area contributed by atoms with Gasteiger partial charge >= 0.3 is 0 Å². The molecule has 1 heterocycles. The van der Waals surface area contributed by atoms with Crippen LogP contribution in [-0.4, -0.2) is 33.7 Å². The van der Waals surface area contributed by atoms with Gasteiger partial charge in [-0.3, -0.25) is 9.52 Å². The number of carbonyl (C=O) groups is 1. The summed E-state index contributed by atoms with van der Waals surface area (Å²) in [5.74, 6) is 0.104. The van der Waals surface area contributed by atoms with Crippen LogP contribution in [0.1, 0.15) is 25.7 Å². The fourth-order valence-electron chi connectivity index (χ4n) is 1.76. The second-order valence-corrected chi connectivity index (χ2v) is 5.80.